The standard InChI is InChI=1S/C18H21NO.C8H10N2O2.C2H6/c1-13(2)14-5-8-16(9-6-14)19-17-10-7-15-4-3-11-20-18(15)12-17;1-9-7-5-10-4-3-6(7)8(11)12-2;1-2/h5-10,12-13,19H,3-4,11H2,1-2H3;3-5,9H,1-2H3;1-2H3. The van der Waals surface area contributed by atoms with Gasteiger partial charge in [-0.15, -0.1) is 0 Å². The van der Waals surface area contributed by atoms with E-state index in [9.17, 15) is 4.79 Å². The van der Waals surface area contributed by atoms with E-state index in [1.165, 1.54) is 18.2 Å². The first kappa shape index (κ1) is 26.7. The van der Waals surface area contributed by atoms with Crippen molar-refractivity contribution in [1.82, 2.24) is 4.98 Å². The second-order valence-corrected chi connectivity index (χ2v) is 7.84. The number of nitrogens with zero attached hydrogens (tertiary/aromatic N) is 1. The maximum Gasteiger partial charge on any atom is 0.340 e. The molecule has 0 spiro atoms. The molecule has 0 amide bonds. The summed E-state index contributed by atoms with van der Waals surface area (Å²) in [4.78, 5) is 15.0. The summed E-state index contributed by atoms with van der Waals surface area (Å²) in [6.45, 7) is 9.26. The van der Waals surface area contributed by atoms with Crippen LogP contribution in [0.4, 0.5) is 17.1 Å². The maximum absolute atomic E-state index is 11.1. The smallest absolute Gasteiger partial charge is 0.340 e. The summed E-state index contributed by atoms with van der Waals surface area (Å²) < 4.78 is 10.3. The minimum absolute atomic E-state index is 0.359. The fourth-order valence-corrected chi connectivity index (χ4v) is 3.42. The Morgan fingerprint density at radius 1 is 1.06 bits per heavy atom. The molecule has 1 aliphatic heterocycles. The zero-order valence-electron chi connectivity index (χ0n) is 21.1. The second-order valence-electron chi connectivity index (χ2n) is 7.84. The van der Waals surface area contributed by atoms with Crippen molar-refractivity contribution in [2.45, 2.75) is 46.5 Å². The van der Waals surface area contributed by atoms with E-state index in [2.05, 4.69) is 76.7 Å². The number of pyridine rings is 1. The molecule has 34 heavy (non-hydrogen) atoms. The molecule has 1 aliphatic rings. The van der Waals surface area contributed by atoms with Gasteiger partial charge in [-0.3, -0.25) is 4.98 Å². The zero-order chi connectivity index (χ0) is 24.9. The Bertz CT molecular complexity index is 1030. The molecule has 6 nitrogen and oxygen atoms in total. The van der Waals surface area contributed by atoms with Gasteiger partial charge in [0.15, 0.2) is 0 Å². The third-order valence-electron chi connectivity index (χ3n) is 5.28. The number of aryl methyl sites for hydroxylation is 1. The number of hydrogen-bond acceptors (Lipinski definition) is 6. The van der Waals surface area contributed by atoms with Gasteiger partial charge >= 0.3 is 5.97 Å². The minimum Gasteiger partial charge on any atom is -0.493 e. The molecule has 0 atom stereocenters. The maximum atomic E-state index is 11.1. The highest BCUT2D eigenvalue weighted by Crippen LogP contribution is 2.29. The van der Waals surface area contributed by atoms with Crippen molar-refractivity contribution in [3.05, 3.63) is 77.6 Å². The first-order valence-corrected chi connectivity index (χ1v) is 11.8. The van der Waals surface area contributed by atoms with E-state index < -0.39 is 0 Å². The lowest BCUT2D eigenvalue weighted by molar-refractivity contribution is 0.0601. The molecular weight excluding hydrogens is 426 g/mol. The number of benzene rings is 2. The van der Waals surface area contributed by atoms with Gasteiger partial charge in [-0.25, -0.2) is 4.79 Å². The summed E-state index contributed by atoms with van der Waals surface area (Å²) in [5, 5.41) is 6.29. The highest BCUT2D eigenvalue weighted by molar-refractivity contribution is 5.95. The van der Waals surface area contributed by atoms with Crippen molar-refractivity contribution in [2.75, 3.05) is 31.4 Å². The van der Waals surface area contributed by atoms with Crippen LogP contribution in [-0.2, 0) is 11.2 Å². The average Bonchev–Trinajstić information content (AvgIpc) is 2.90. The molecule has 3 aromatic rings. The number of carbonyl (C=O) groups excluding carboxylic acids is 1. The highest BCUT2D eigenvalue weighted by Gasteiger charge is 2.11. The fourth-order valence-electron chi connectivity index (χ4n) is 3.42. The molecule has 0 unspecified atom stereocenters. The normalized spacial score (nSPS) is 11.5. The lowest BCUT2D eigenvalue weighted by Crippen LogP contribution is -2.08. The summed E-state index contributed by atoms with van der Waals surface area (Å²) >= 11 is 0. The van der Waals surface area contributed by atoms with Crippen LogP contribution in [0.25, 0.3) is 0 Å². The van der Waals surface area contributed by atoms with Crippen LogP contribution in [0.2, 0.25) is 0 Å². The van der Waals surface area contributed by atoms with Crippen molar-refractivity contribution in [3.63, 3.8) is 0 Å². The number of anilines is 3. The van der Waals surface area contributed by atoms with Gasteiger partial charge in [-0.2, -0.15) is 0 Å². The molecule has 1 aromatic heterocycles. The summed E-state index contributed by atoms with van der Waals surface area (Å²) in [7, 11) is 3.08. The highest BCUT2D eigenvalue weighted by atomic mass is 16.5. The molecule has 4 rings (SSSR count). The molecule has 0 saturated heterocycles. The van der Waals surface area contributed by atoms with Gasteiger partial charge in [0.05, 0.1) is 31.2 Å². The molecule has 0 fully saturated rings. The van der Waals surface area contributed by atoms with E-state index in [1.807, 2.05) is 13.8 Å². The Hall–Kier alpha value is -3.54. The Morgan fingerprint density at radius 3 is 2.41 bits per heavy atom. The number of ether oxygens (including phenoxy) is 2. The van der Waals surface area contributed by atoms with Gasteiger partial charge in [-0.05, 0) is 54.2 Å². The number of rotatable bonds is 5. The third kappa shape index (κ3) is 7.51. The van der Waals surface area contributed by atoms with Crippen molar-refractivity contribution in [1.29, 1.82) is 0 Å². The largest absolute Gasteiger partial charge is 0.493 e. The number of hydrogen-bond donors (Lipinski definition) is 2. The Morgan fingerprint density at radius 2 is 1.76 bits per heavy atom. The predicted molar refractivity (Wildman–Crippen MR) is 141 cm³/mol. The van der Waals surface area contributed by atoms with Gasteiger partial charge in [-0.1, -0.05) is 45.9 Å². The van der Waals surface area contributed by atoms with Crippen molar-refractivity contribution in [2.24, 2.45) is 0 Å². The van der Waals surface area contributed by atoms with E-state index in [-0.39, 0.29) is 5.97 Å². The summed E-state index contributed by atoms with van der Waals surface area (Å²) in [5.74, 6) is 1.24. The van der Waals surface area contributed by atoms with Gasteiger partial charge in [0, 0.05) is 30.7 Å². The Kier molecular flexibility index (Phi) is 10.9. The average molecular weight is 464 g/mol. The molecule has 6 heteroatoms. The SMILES string of the molecule is CC.CC(C)c1ccc(Nc2ccc3c(c2)OCCC3)cc1.CNc1cnccc1C(=O)OC. The number of nitrogens with one attached hydrogen (secondary N) is 2. The number of aromatic nitrogens is 1. The van der Waals surface area contributed by atoms with Crippen LogP contribution in [0.1, 0.15) is 61.5 Å². The molecular formula is C28H37N3O3. The van der Waals surface area contributed by atoms with Gasteiger partial charge < -0.3 is 20.1 Å². The van der Waals surface area contributed by atoms with Crippen LogP contribution in [0, 0.1) is 0 Å². The topological polar surface area (TPSA) is 72.5 Å². The summed E-state index contributed by atoms with van der Waals surface area (Å²) in [5.41, 5.74) is 6.05. The lowest BCUT2D eigenvalue weighted by atomic mass is 10.0. The van der Waals surface area contributed by atoms with Crippen molar-refractivity contribution in [3.8, 4) is 5.75 Å². The quantitative estimate of drug-likeness (QED) is 0.405. The Labute approximate surface area is 203 Å². The minimum atomic E-state index is -0.359. The van der Waals surface area contributed by atoms with Crippen LogP contribution >= 0.6 is 0 Å². The van der Waals surface area contributed by atoms with E-state index in [0.29, 0.717) is 17.2 Å². The van der Waals surface area contributed by atoms with E-state index in [1.54, 1.807) is 25.5 Å². The number of methoxy groups -OCH3 is 1. The fraction of sp³-hybridized carbons (Fsp3) is 0.357. The number of carbonyl (C=O) groups is 1. The third-order valence-corrected chi connectivity index (χ3v) is 5.28. The summed E-state index contributed by atoms with van der Waals surface area (Å²) in [6.07, 6.45) is 5.37. The molecule has 182 valence electrons. The molecule has 0 radical (unpaired) electrons. The van der Waals surface area contributed by atoms with Crippen LogP contribution in [0.5, 0.6) is 5.75 Å². The molecule has 0 saturated carbocycles. The lowest BCUT2D eigenvalue weighted by Gasteiger charge is -2.18. The van der Waals surface area contributed by atoms with E-state index in [0.717, 1.165) is 36.6 Å². The molecule has 2 N–H and O–H groups in total. The van der Waals surface area contributed by atoms with Gasteiger partial charge in [0.25, 0.3) is 0 Å². The van der Waals surface area contributed by atoms with Crippen LogP contribution < -0.4 is 15.4 Å². The predicted octanol–water partition coefficient (Wildman–Crippen LogP) is 6.81. The second kappa shape index (κ2) is 13.9. The van der Waals surface area contributed by atoms with E-state index >= 15 is 0 Å². The first-order chi connectivity index (χ1) is 16.5. The number of esters is 1. The van der Waals surface area contributed by atoms with E-state index in [4.69, 9.17) is 4.74 Å². The van der Waals surface area contributed by atoms with Crippen LogP contribution in [-0.4, -0.2) is 31.7 Å². The summed E-state index contributed by atoms with van der Waals surface area (Å²) in [6, 6.07) is 16.6. The molecule has 2 heterocycles. The van der Waals surface area contributed by atoms with Crippen LogP contribution in [0.3, 0.4) is 0 Å². The zero-order valence-corrected chi connectivity index (χ0v) is 21.1. The van der Waals surface area contributed by atoms with Crippen molar-refractivity contribution < 1.29 is 14.3 Å². The van der Waals surface area contributed by atoms with Gasteiger partial charge in [0.1, 0.15) is 5.75 Å². The molecule has 2 aromatic carbocycles. The van der Waals surface area contributed by atoms with Crippen LogP contribution in [0.15, 0.2) is 60.9 Å². The number of fused-ring (bicyclic) bond motifs is 1. The molecule has 0 bridgehead atoms. The monoisotopic (exact) mass is 463 g/mol. The Balaban J connectivity index is 0.000000251. The first-order valence-electron chi connectivity index (χ1n) is 11.8. The van der Waals surface area contributed by atoms with Crippen molar-refractivity contribution >= 4 is 23.0 Å². The molecule has 0 aliphatic carbocycles. The van der Waals surface area contributed by atoms with Gasteiger partial charge in [0.2, 0.25) is 0 Å².